The first-order valence-corrected chi connectivity index (χ1v) is 7.51. The van der Waals surface area contributed by atoms with Crippen LogP contribution in [0.2, 0.25) is 0 Å². The topological polar surface area (TPSA) is 58.1 Å². The van der Waals surface area contributed by atoms with E-state index in [-0.39, 0.29) is 5.91 Å². The van der Waals surface area contributed by atoms with Gasteiger partial charge >= 0.3 is 0 Å². The molecule has 1 aromatic heterocycles. The summed E-state index contributed by atoms with van der Waals surface area (Å²) in [5.41, 5.74) is 2.71. The van der Waals surface area contributed by atoms with Crippen molar-refractivity contribution in [1.82, 2.24) is 20.2 Å². The largest absolute Gasteiger partial charge is 0.337 e. The normalized spacial score (nSPS) is 15.9. The molecule has 0 unspecified atom stereocenters. The SMILES string of the molecule is Cc1nc2cc(F)cc(C(=O)N3CCCNCC3)c2nc1C. The monoisotopic (exact) mass is 302 g/mol. The third kappa shape index (κ3) is 2.78. The second-order valence-corrected chi connectivity index (χ2v) is 5.61. The number of hydrogen-bond donors (Lipinski definition) is 1. The van der Waals surface area contributed by atoms with Gasteiger partial charge in [-0.2, -0.15) is 0 Å². The molecule has 1 fully saturated rings. The second kappa shape index (κ2) is 5.96. The molecule has 1 aliphatic rings. The number of benzene rings is 1. The fourth-order valence-electron chi connectivity index (χ4n) is 2.68. The van der Waals surface area contributed by atoms with Gasteiger partial charge in [0.25, 0.3) is 5.91 Å². The summed E-state index contributed by atoms with van der Waals surface area (Å²) >= 11 is 0. The summed E-state index contributed by atoms with van der Waals surface area (Å²) in [6.45, 7) is 6.61. The van der Waals surface area contributed by atoms with Crippen molar-refractivity contribution in [1.29, 1.82) is 0 Å². The summed E-state index contributed by atoms with van der Waals surface area (Å²) in [5, 5.41) is 3.25. The highest BCUT2D eigenvalue weighted by Gasteiger charge is 2.21. The number of nitrogens with zero attached hydrogens (tertiary/aromatic N) is 3. The third-order valence-corrected chi connectivity index (χ3v) is 4.00. The van der Waals surface area contributed by atoms with Crippen LogP contribution in [-0.2, 0) is 0 Å². The maximum Gasteiger partial charge on any atom is 0.256 e. The first-order chi connectivity index (χ1) is 10.6. The zero-order valence-electron chi connectivity index (χ0n) is 12.8. The Kier molecular flexibility index (Phi) is 4.02. The number of halogens is 1. The van der Waals surface area contributed by atoms with Gasteiger partial charge in [0.1, 0.15) is 11.3 Å². The van der Waals surface area contributed by atoms with Crippen LogP contribution in [0.4, 0.5) is 4.39 Å². The van der Waals surface area contributed by atoms with Crippen molar-refractivity contribution in [2.24, 2.45) is 0 Å². The molecule has 2 aromatic rings. The molecule has 1 amide bonds. The predicted octanol–water partition coefficient (Wildman–Crippen LogP) is 1.82. The highest BCUT2D eigenvalue weighted by molar-refractivity contribution is 6.04. The van der Waals surface area contributed by atoms with E-state index in [2.05, 4.69) is 15.3 Å². The van der Waals surface area contributed by atoms with E-state index < -0.39 is 5.82 Å². The van der Waals surface area contributed by atoms with Gasteiger partial charge in [-0.3, -0.25) is 4.79 Å². The van der Waals surface area contributed by atoms with E-state index in [1.165, 1.54) is 12.1 Å². The molecule has 1 saturated heterocycles. The molecule has 6 heteroatoms. The number of aryl methyl sites for hydroxylation is 2. The number of nitrogens with one attached hydrogen (secondary N) is 1. The van der Waals surface area contributed by atoms with Crippen LogP contribution in [0.1, 0.15) is 28.2 Å². The van der Waals surface area contributed by atoms with Gasteiger partial charge in [0, 0.05) is 25.7 Å². The molecule has 22 heavy (non-hydrogen) atoms. The van der Waals surface area contributed by atoms with Crippen LogP contribution in [-0.4, -0.2) is 47.0 Å². The van der Waals surface area contributed by atoms with Crippen LogP contribution in [0.25, 0.3) is 11.0 Å². The molecular weight excluding hydrogens is 283 g/mol. The van der Waals surface area contributed by atoms with Crippen LogP contribution < -0.4 is 5.32 Å². The highest BCUT2D eigenvalue weighted by Crippen LogP contribution is 2.21. The van der Waals surface area contributed by atoms with Gasteiger partial charge in [-0.05, 0) is 32.9 Å². The molecule has 1 aliphatic heterocycles. The predicted molar refractivity (Wildman–Crippen MR) is 82.4 cm³/mol. The van der Waals surface area contributed by atoms with Crippen molar-refractivity contribution >= 4 is 16.9 Å². The number of aromatic nitrogens is 2. The standard InChI is InChI=1S/C16H19FN4O/c1-10-11(2)20-15-13(8-12(17)9-14(15)19-10)16(22)21-6-3-4-18-5-7-21/h8-9,18H,3-7H2,1-2H3. The lowest BCUT2D eigenvalue weighted by atomic mass is 10.1. The van der Waals surface area contributed by atoms with Gasteiger partial charge in [-0.25, -0.2) is 14.4 Å². The number of amides is 1. The molecular formula is C16H19FN4O. The number of carbonyl (C=O) groups is 1. The van der Waals surface area contributed by atoms with Gasteiger partial charge in [0.2, 0.25) is 0 Å². The van der Waals surface area contributed by atoms with Crippen LogP contribution in [0, 0.1) is 19.7 Å². The number of rotatable bonds is 1. The molecule has 0 spiro atoms. The first kappa shape index (κ1) is 14.8. The molecule has 0 radical (unpaired) electrons. The minimum absolute atomic E-state index is 0.175. The fourth-order valence-corrected chi connectivity index (χ4v) is 2.68. The van der Waals surface area contributed by atoms with E-state index in [1.807, 2.05) is 13.8 Å². The maximum atomic E-state index is 13.9. The van der Waals surface area contributed by atoms with Gasteiger partial charge in [-0.1, -0.05) is 0 Å². The minimum Gasteiger partial charge on any atom is -0.337 e. The molecule has 1 aromatic carbocycles. The molecule has 0 aliphatic carbocycles. The highest BCUT2D eigenvalue weighted by atomic mass is 19.1. The van der Waals surface area contributed by atoms with E-state index in [1.54, 1.807) is 4.90 Å². The summed E-state index contributed by atoms with van der Waals surface area (Å²) in [4.78, 5) is 23.4. The molecule has 2 heterocycles. The molecule has 0 atom stereocenters. The molecule has 0 bridgehead atoms. The number of hydrogen-bond acceptors (Lipinski definition) is 4. The van der Waals surface area contributed by atoms with Crippen molar-refractivity contribution in [3.63, 3.8) is 0 Å². The second-order valence-electron chi connectivity index (χ2n) is 5.61. The molecule has 5 nitrogen and oxygen atoms in total. The van der Waals surface area contributed by atoms with Gasteiger partial charge < -0.3 is 10.2 Å². The van der Waals surface area contributed by atoms with Gasteiger partial charge in [0.15, 0.2) is 0 Å². The Morgan fingerprint density at radius 3 is 2.77 bits per heavy atom. The lowest BCUT2D eigenvalue weighted by molar-refractivity contribution is 0.0767. The van der Waals surface area contributed by atoms with Crippen LogP contribution in [0.3, 0.4) is 0 Å². The summed E-state index contributed by atoms with van der Waals surface area (Å²) in [5.74, 6) is -0.632. The summed E-state index contributed by atoms with van der Waals surface area (Å²) in [6.07, 6.45) is 0.892. The summed E-state index contributed by atoms with van der Waals surface area (Å²) in [6, 6.07) is 2.60. The van der Waals surface area contributed by atoms with Crippen molar-refractivity contribution in [2.45, 2.75) is 20.3 Å². The summed E-state index contributed by atoms with van der Waals surface area (Å²) in [7, 11) is 0. The Labute approximate surface area is 128 Å². The average molecular weight is 302 g/mol. The van der Waals surface area contributed by atoms with Gasteiger partial charge in [-0.15, -0.1) is 0 Å². The van der Waals surface area contributed by atoms with Crippen molar-refractivity contribution < 1.29 is 9.18 Å². The smallest absolute Gasteiger partial charge is 0.256 e. The van der Waals surface area contributed by atoms with E-state index in [4.69, 9.17) is 0 Å². The number of fused-ring (bicyclic) bond motifs is 1. The van der Waals surface area contributed by atoms with Crippen LogP contribution in [0.15, 0.2) is 12.1 Å². The lowest BCUT2D eigenvalue weighted by Gasteiger charge is -2.20. The zero-order chi connectivity index (χ0) is 15.7. The zero-order valence-corrected chi connectivity index (χ0v) is 12.8. The first-order valence-electron chi connectivity index (χ1n) is 7.51. The molecule has 0 saturated carbocycles. The number of carbonyl (C=O) groups excluding carboxylic acids is 1. The third-order valence-electron chi connectivity index (χ3n) is 4.00. The Morgan fingerprint density at radius 1 is 1.18 bits per heavy atom. The van der Waals surface area contributed by atoms with Crippen LogP contribution >= 0.6 is 0 Å². The average Bonchev–Trinajstić information content (AvgIpc) is 2.76. The Morgan fingerprint density at radius 2 is 1.95 bits per heavy atom. The summed E-state index contributed by atoms with van der Waals surface area (Å²) < 4.78 is 13.9. The molecule has 116 valence electrons. The van der Waals surface area contributed by atoms with E-state index in [0.717, 1.165) is 30.9 Å². The maximum absolute atomic E-state index is 13.9. The van der Waals surface area contributed by atoms with Crippen molar-refractivity contribution in [2.75, 3.05) is 26.2 Å². The van der Waals surface area contributed by atoms with Crippen molar-refractivity contribution in [3.8, 4) is 0 Å². The Hall–Kier alpha value is -2.08. The van der Waals surface area contributed by atoms with E-state index in [9.17, 15) is 9.18 Å². The molecule has 3 rings (SSSR count). The Bertz CT molecular complexity index is 724. The fraction of sp³-hybridized carbons (Fsp3) is 0.438. The lowest BCUT2D eigenvalue weighted by Crippen LogP contribution is -2.34. The Balaban J connectivity index is 2.08. The van der Waals surface area contributed by atoms with Crippen LogP contribution in [0.5, 0.6) is 0 Å². The minimum atomic E-state index is -0.457. The molecule has 1 N–H and O–H groups in total. The van der Waals surface area contributed by atoms with Crippen molar-refractivity contribution in [3.05, 3.63) is 34.9 Å². The van der Waals surface area contributed by atoms with Gasteiger partial charge in [0.05, 0.1) is 22.5 Å². The van der Waals surface area contributed by atoms with E-state index in [0.29, 0.717) is 29.7 Å². The quantitative estimate of drug-likeness (QED) is 0.873. The van der Waals surface area contributed by atoms with E-state index >= 15 is 0 Å².